The lowest BCUT2D eigenvalue weighted by molar-refractivity contribution is 0.0993. The van der Waals surface area contributed by atoms with Gasteiger partial charge in [0.05, 0.1) is 18.8 Å². The van der Waals surface area contributed by atoms with Crippen molar-refractivity contribution in [2.24, 2.45) is 11.3 Å². The molecule has 0 aromatic rings. The molecule has 1 saturated carbocycles. The predicted octanol–water partition coefficient (Wildman–Crippen LogP) is 4.55. The van der Waals surface area contributed by atoms with Gasteiger partial charge in [-0.25, -0.2) is 0 Å². The van der Waals surface area contributed by atoms with Crippen molar-refractivity contribution in [3.8, 4) is 0 Å². The summed E-state index contributed by atoms with van der Waals surface area (Å²) in [5.41, 5.74) is 0.0935. The molecular formula is C15H24O3. The van der Waals surface area contributed by atoms with Crippen LogP contribution in [0.15, 0.2) is 37.0 Å². The van der Waals surface area contributed by atoms with Crippen molar-refractivity contribution in [2.45, 2.75) is 44.9 Å². The van der Waals surface area contributed by atoms with E-state index in [9.17, 15) is 0 Å². The third-order valence-electron chi connectivity index (χ3n) is 4.13. The van der Waals surface area contributed by atoms with Crippen LogP contribution in [0.5, 0.6) is 0 Å². The number of rotatable bonds is 6. The van der Waals surface area contributed by atoms with Crippen LogP contribution < -0.4 is 0 Å². The molecule has 3 nitrogen and oxygen atoms in total. The van der Waals surface area contributed by atoms with Gasteiger partial charge in [0.1, 0.15) is 0 Å². The Hall–Kier alpha value is -1.38. The van der Waals surface area contributed by atoms with Crippen LogP contribution in [0.2, 0.25) is 0 Å². The molecule has 0 bridgehead atoms. The largest absolute Gasteiger partial charge is 0.516 e. The summed E-state index contributed by atoms with van der Waals surface area (Å²) in [7, 11) is 0. The Bertz CT molecular complexity index is 291. The molecule has 0 saturated heterocycles. The van der Waals surface area contributed by atoms with E-state index in [0.717, 1.165) is 50.9 Å². The quantitative estimate of drug-likeness (QED) is 0.608. The van der Waals surface area contributed by atoms with Crippen LogP contribution in [0.1, 0.15) is 44.9 Å². The third kappa shape index (κ3) is 3.83. The van der Waals surface area contributed by atoms with Gasteiger partial charge >= 0.3 is 0 Å². The summed E-state index contributed by atoms with van der Waals surface area (Å²) in [6.45, 7) is 0. The van der Waals surface area contributed by atoms with E-state index >= 15 is 0 Å². The van der Waals surface area contributed by atoms with E-state index in [0.29, 0.717) is 5.92 Å². The first-order chi connectivity index (χ1) is 8.79. The van der Waals surface area contributed by atoms with Crippen LogP contribution in [-0.4, -0.2) is 15.3 Å². The Morgan fingerprint density at radius 2 is 1.50 bits per heavy atom. The maximum Gasteiger partial charge on any atom is 0.0751 e. The Morgan fingerprint density at radius 1 is 0.889 bits per heavy atom. The second-order valence-electron chi connectivity index (χ2n) is 5.10. The number of hydrogen-bond donors (Lipinski definition) is 3. The Morgan fingerprint density at radius 3 is 2.06 bits per heavy atom. The first-order valence-corrected chi connectivity index (χ1v) is 6.67. The summed E-state index contributed by atoms with van der Waals surface area (Å²) in [6.07, 6.45) is 15.9. The molecule has 1 unspecified atom stereocenters. The van der Waals surface area contributed by atoms with Crippen molar-refractivity contribution in [3.63, 3.8) is 0 Å². The zero-order valence-electron chi connectivity index (χ0n) is 10.8. The third-order valence-corrected chi connectivity index (χ3v) is 4.13. The SMILES string of the molecule is OC=CCC1CCCCC1(CC=CO)CC=CO. The fourth-order valence-electron chi connectivity index (χ4n) is 3.17. The molecule has 0 heterocycles. The lowest BCUT2D eigenvalue weighted by atomic mass is 9.61. The maximum atomic E-state index is 8.90. The average molecular weight is 252 g/mol. The molecule has 0 radical (unpaired) electrons. The highest BCUT2D eigenvalue weighted by molar-refractivity contribution is 5.00. The molecule has 18 heavy (non-hydrogen) atoms. The summed E-state index contributed by atoms with van der Waals surface area (Å²) in [5, 5.41) is 26.6. The lowest BCUT2D eigenvalue weighted by Crippen LogP contribution is -2.33. The smallest absolute Gasteiger partial charge is 0.0751 e. The summed E-state index contributed by atoms with van der Waals surface area (Å²) in [5.74, 6) is 0.488. The molecule has 1 rings (SSSR count). The van der Waals surface area contributed by atoms with E-state index in [2.05, 4.69) is 0 Å². The van der Waals surface area contributed by atoms with Gasteiger partial charge in [-0.1, -0.05) is 12.8 Å². The fraction of sp³-hybridized carbons (Fsp3) is 0.600. The first kappa shape index (κ1) is 14.7. The van der Waals surface area contributed by atoms with Gasteiger partial charge in [0.25, 0.3) is 0 Å². The molecule has 0 amide bonds. The number of hydrogen-bond acceptors (Lipinski definition) is 3. The highest BCUT2D eigenvalue weighted by Crippen LogP contribution is 2.48. The first-order valence-electron chi connectivity index (χ1n) is 6.67. The molecule has 0 aromatic heterocycles. The summed E-state index contributed by atoms with van der Waals surface area (Å²) in [4.78, 5) is 0. The summed E-state index contributed by atoms with van der Waals surface area (Å²) in [6, 6.07) is 0. The van der Waals surface area contributed by atoms with E-state index < -0.39 is 0 Å². The van der Waals surface area contributed by atoms with Crippen molar-refractivity contribution >= 4 is 0 Å². The normalized spacial score (nSPS) is 29.7. The predicted molar refractivity (Wildman–Crippen MR) is 73.5 cm³/mol. The maximum absolute atomic E-state index is 8.90. The standard InChI is InChI=1S/C15H24O3/c16-11-3-7-14-6-1-2-8-15(14,9-4-12-17)10-5-13-18/h3-5,11-14,16-18H,1-2,6-10H2. The van der Waals surface area contributed by atoms with Gasteiger partial charge in [-0.3, -0.25) is 0 Å². The lowest BCUT2D eigenvalue weighted by Gasteiger charge is -2.43. The minimum atomic E-state index is 0.0935. The van der Waals surface area contributed by atoms with E-state index in [1.54, 1.807) is 18.2 Å². The van der Waals surface area contributed by atoms with Crippen molar-refractivity contribution in [1.29, 1.82) is 0 Å². The molecular weight excluding hydrogens is 228 g/mol. The fourth-order valence-corrected chi connectivity index (χ4v) is 3.17. The highest BCUT2D eigenvalue weighted by atomic mass is 16.2. The molecule has 3 N–H and O–H groups in total. The topological polar surface area (TPSA) is 60.7 Å². The van der Waals surface area contributed by atoms with E-state index in [-0.39, 0.29) is 5.41 Å². The number of allylic oxidation sites excluding steroid dienone is 3. The summed E-state index contributed by atoms with van der Waals surface area (Å²) < 4.78 is 0. The molecule has 1 aliphatic rings. The molecule has 0 aliphatic heterocycles. The molecule has 1 fully saturated rings. The van der Waals surface area contributed by atoms with Gasteiger partial charge in [0.2, 0.25) is 0 Å². The molecule has 1 atom stereocenters. The van der Waals surface area contributed by atoms with Gasteiger partial charge in [-0.15, -0.1) is 0 Å². The van der Waals surface area contributed by atoms with Crippen LogP contribution in [0.3, 0.4) is 0 Å². The van der Waals surface area contributed by atoms with Gasteiger partial charge in [-0.2, -0.15) is 0 Å². The van der Waals surface area contributed by atoms with Gasteiger partial charge in [0, 0.05) is 0 Å². The number of aliphatic hydroxyl groups excluding tert-OH is 3. The monoisotopic (exact) mass is 252 g/mol. The van der Waals surface area contributed by atoms with Gasteiger partial charge in [0.15, 0.2) is 0 Å². The number of aliphatic hydroxyl groups is 3. The van der Waals surface area contributed by atoms with Crippen molar-refractivity contribution < 1.29 is 15.3 Å². The van der Waals surface area contributed by atoms with Crippen LogP contribution in [0, 0.1) is 11.3 Å². The Labute approximate surface area is 109 Å². The zero-order chi connectivity index (χ0) is 13.3. The van der Waals surface area contributed by atoms with Crippen molar-refractivity contribution in [1.82, 2.24) is 0 Å². The zero-order valence-corrected chi connectivity index (χ0v) is 10.8. The molecule has 0 aromatic carbocycles. The minimum absolute atomic E-state index is 0.0935. The molecule has 1 aliphatic carbocycles. The van der Waals surface area contributed by atoms with E-state index in [4.69, 9.17) is 15.3 Å². The van der Waals surface area contributed by atoms with Crippen LogP contribution in [0.4, 0.5) is 0 Å². The highest BCUT2D eigenvalue weighted by Gasteiger charge is 2.38. The van der Waals surface area contributed by atoms with E-state index in [1.165, 1.54) is 12.8 Å². The van der Waals surface area contributed by atoms with Crippen LogP contribution >= 0.6 is 0 Å². The van der Waals surface area contributed by atoms with Crippen LogP contribution in [0.25, 0.3) is 0 Å². The van der Waals surface area contributed by atoms with Crippen molar-refractivity contribution in [2.75, 3.05) is 0 Å². The van der Waals surface area contributed by atoms with Gasteiger partial charge in [-0.05, 0) is 61.7 Å². The minimum Gasteiger partial charge on any atom is -0.516 e. The second-order valence-corrected chi connectivity index (χ2v) is 5.10. The van der Waals surface area contributed by atoms with E-state index in [1.807, 2.05) is 0 Å². The van der Waals surface area contributed by atoms with Crippen molar-refractivity contribution in [3.05, 3.63) is 37.0 Å². The average Bonchev–Trinajstić information content (AvgIpc) is 2.42. The summed E-state index contributed by atoms with van der Waals surface area (Å²) >= 11 is 0. The molecule has 3 heteroatoms. The van der Waals surface area contributed by atoms with Gasteiger partial charge < -0.3 is 15.3 Å². The molecule has 102 valence electrons. The Balaban J connectivity index is 2.84. The molecule has 0 spiro atoms. The van der Waals surface area contributed by atoms with Crippen LogP contribution in [-0.2, 0) is 0 Å². The second kappa shape index (κ2) is 7.85. The Kier molecular flexibility index (Phi) is 6.40.